The summed E-state index contributed by atoms with van der Waals surface area (Å²) >= 11 is 5.67. The van der Waals surface area contributed by atoms with Crippen molar-refractivity contribution < 1.29 is 9.84 Å². The molecule has 0 radical (unpaired) electrons. The van der Waals surface area contributed by atoms with Gasteiger partial charge in [-0.3, -0.25) is 0 Å². The summed E-state index contributed by atoms with van der Waals surface area (Å²) in [5.41, 5.74) is 6.50. The molecule has 0 saturated heterocycles. The number of phenolic OH excluding ortho intramolecular Hbond substituents is 1. The summed E-state index contributed by atoms with van der Waals surface area (Å²) in [6.45, 7) is 0.453. The van der Waals surface area contributed by atoms with Crippen LogP contribution in [-0.4, -0.2) is 11.7 Å². The number of phenols is 1. The normalized spacial score (nSPS) is 20.3. The van der Waals surface area contributed by atoms with Gasteiger partial charge in [0.15, 0.2) is 0 Å². The molecule has 1 aromatic rings. The Morgan fingerprint density at radius 2 is 2.33 bits per heavy atom. The van der Waals surface area contributed by atoms with Crippen molar-refractivity contribution in [3.8, 4) is 11.5 Å². The van der Waals surface area contributed by atoms with E-state index in [0.717, 1.165) is 5.56 Å². The van der Waals surface area contributed by atoms with Gasteiger partial charge >= 0.3 is 0 Å². The van der Waals surface area contributed by atoms with Gasteiger partial charge in [-0.05, 0) is 6.07 Å². The predicted molar refractivity (Wildman–Crippen MR) is 45.5 cm³/mol. The molecule has 0 aromatic heterocycles. The third-order valence-electron chi connectivity index (χ3n) is 1.90. The van der Waals surface area contributed by atoms with Gasteiger partial charge in [0, 0.05) is 11.6 Å². The molecule has 0 spiro atoms. The Kier molecular flexibility index (Phi) is 1.63. The second kappa shape index (κ2) is 2.54. The first-order valence-corrected chi connectivity index (χ1v) is 3.97. The standard InChI is InChI=1S/C8H8ClNO2/c9-5-2-8-4(1-7(5)11)6(10)3-12-8/h1-2,6,11H,3,10H2. The van der Waals surface area contributed by atoms with Crippen LogP contribution in [0.4, 0.5) is 0 Å². The van der Waals surface area contributed by atoms with Gasteiger partial charge in [0.25, 0.3) is 0 Å². The highest BCUT2D eigenvalue weighted by Gasteiger charge is 2.22. The molecule has 3 N–H and O–H groups in total. The van der Waals surface area contributed by atoms with Crippen LogP contribution in [0.2, 0.25) is 5.02 Å². The molecule has 1 aromatic carbocycles. The first-order valence-electron chi connectivity index (χ1n) is 3.59. The maximum atomic E-state index is 9.26. The average Bonchev–Trinajstić information content (AvgIpc) is 2.35. The molecule has 1 unspecified atom stereocenters. The minimum Gasteiger partial charge on any atom is -0.506 e. The van der Waals surface area contributed by atoms with Crippen molar-refractivity contribution in [2.75, 3.05) is 6.61 Å². The van der Waals surface area contributed by atoms with Crippen LogP contribution in [-0.2, 0) is 0 Å². The predicted octanol–water partition coefficient (Wildman–Crippen LogP) is 1.44. The van der Waals surface area contributed by atoms with Crippen molar-refractivity contribution in [2.24, 2.45) is 5.73 Å². The summed E-state index contributed by atoms with van der Waals surface area (Å²) in [6, 6.07) is 2.98. The zero-order valence-electron chi connectivity index (χ0n) is 6.25. The molecule has 0 saturated carbocycles. The van der Waals surface area contributed by atoms with Crippen LogP contribution >= 0.6 is 11.6 Å². The van der Waals surface area contributed by atoms with Gasteiger partial charge in [0.05, 0.1) is 11.1 Å². The zero-order valence-corrected chi connectivity index (χ0v) is 7.01. The Morgan fingerprint density at radius 1 is 1.58 bits per heavy atom. The second-order valence-electron chi connectivity index (χ2n) is 2.76. The van der Waals surface area contributed by atoms with E-state index in [4.69, 9.17) is 22.1 Å². The van der Waals surface area contributed by atoms with Crippen LogP contribution in [0.25, 0.3) is 0 Å². The van der Waals surface area contributed by atoms with E-state index < -0.39 is 0 Å². The lowest BCUT2D eigenvalue weighted by Gasteiger charge is -2.02. The van der Waals surface area contributed by atoms with Gasteiger partial charge in [-0.1, -0.05) is 11.6 Å². The first-order chi connectivity index (χ1) is 5.68. The third-order valence-corrected chi connectivity index (χ3v) is 2.20. The molecule has 1 heterocycles. The van der Waals surface area contributed by atoms with E-state index in [1.54, 1.807) is 12.1 Å². The summed E-state index contributed by atoms with van der Waals surface area (Å²) < 4.78 is 5.23. The van der Waals surface area contributed by atoms with E-state index >= 15 is 0 Å². The molecular weight excluding hydrogens is 178 g/mol. The molecule has 4 heteroatoms. The quantitative estimate of drug-likeness (QED) is 0.643. The Labute approximate surface area is 74.7 Å². The van der Waals surface area contributed by atoms with Crippen LogP contribution in [0, 0.1) is 0 Å². The van der Waals surface area contributed by atoms with Crippen LogP contribution in [0.5, 0.6) is 11.5 Å². The molecule has 1 aliphatic rings. The molecule has 1 aliphatic heterocycles. The molecule has 0 bridgehead atoms. The topological polar surface area (TPSA) is 55.5 Å². The lowest BCUT2D eigenvalue weighted by atomic mass is 10.1. The highest BCUT2D eigenvalue weighted by Crippen LogP contribution is 2.37. The number of hydrogen-bond donors (Lipinski definition) is 2. The number of benzene rings is 1. The molecule has 0 amide bonds. The van der Waals surface area contributed by atoms with Crippen LogP contribution in [0.3, 0.4) is 0 Å². The number of nitrogens with two attached hydrogens (primary N) is 1. The second-order valence-corrected chi connectivity index (χ2v) is 3.17. The number of hydrogen-bond acceptors (Lipinski definition) is 3. The lowest BCUT2D eigenvalue weighted by molar-refractivity contribution is 0.333. The molecule has 0 aliphatic carbocycles. The van der Waals surface area contributed by atoms with E-state index in [0.29, 0.717) is 17.4 Å². The van der Waals surface area contributed by atoms with E-state index in [-0.39, 0.29) is 11.8 Å². The van der Waals surface area contributed by atoms with E-state index in [1.807, 2.05) is 0 Å². The monoisotopic (exact) mass is 185 g/mol. The highest BCUT2D eigenvalue weighted by molar-refractivity contribution is 6.32. The number of halogens is 1. The van der Waals surface area contributed by atoms with Crippen molar-refractivity contribution >= 4 is 11.6 Å². The number of aromatic hydroxyl groups is 1. The number of fused-ring (bicyclic) bond motifs is 1. The fourth-order valence-electron chi connectivity index (χ4n) is 1.24. The molecule has 64 valence electrons. The van der Waals surface area contributed by atoms with Gasteiger partial charge in [0.2, 0.25) is 0 Å². The third kappa shape index (κ3) is 1.02. The van der Waals surface area contributed by atoms with Crippen LogP contribution in [0.15, 0.2) is 12.1 Å². The maximum Gasteiger partial charge on any atom is 0.134 e. The van der Waals surface area contributed by atoms with Gasteiger partial charge in [-0.25, -0.2) is 0 Å². The van der Waals surface area contributed by atoms with Gasteiger partial charge in [-0.2, -0.15) is 0 Å². The highest BCUT2D eigenvalue weighted by atomic mass is 35.5. The minimum atomic E-state index is -0.150. The number of ether oxygens (including phenoxy) is 1. The molecular formula is C8H8ClNO2. The van der Waals surface area contributed by atoms with E-state index in [2.05, 4.69) is 0 Å². The largest absolute Gasteiger partial charge is 0.506 e. The zero-order chi connectivity index (χ0) is 8.72. The summed E-state index contributed by atoms with van der Waals surface area (Å²) in [5, 5.41) is 9.55. The van der Waals surface area contributed by atoms with E-state index in [9.17, 15) is 5.11 Å². The Bertz CT molecular complexity index is 327. The number of rotatable bonds is 0. The van der Waals surface area contributed by atoms with E-state index in [1.165, 1.54) is 0 Å². The van der Waals surface area contributed by atoms with Gasteiger partial charge in [0.1, 0.15) is 18.1 Å². The van der Waals surface area contributed by atoms with Gasteiger partial charge < -0.3 is 15.6 Å². The Balaban J connectivity index is 2.56. The lowest BCUT2D eigenvalue weighted by Crippen LogP contribution is -2.10. The summed E-state index contributed by atoms with van der Waals surface area (Å²) in [6.07, 6.45) is 0. The van der Waals surface area contributed by atoms with Gasteiger partial charge in [-0.15, -0.1) is 0 Å². The smallest absolute Gasteiger partial charge is 0.134 e. The van der Waals surface area contributed by atoms with Crippen LogP contribution < -0.4 is 10.5 Å². The molecule has 0 fully saturated rings. The maximum absolute atomic E-state index is 9.26. The Hall–Kier alpha value is -0.930. The fourth-order valence-corrected chi connectivity index (χ4v) is 1.40. The van der Waals surface area contributed by atoms with Crippen molar-refractivity contribution in [1.29, 1.82) is 0 Å². The summed E-state index contributed by atoms with van der Waals surface area (Å²) in [5.74, 6) is 0.724. The molecule has 1 atom stereocenters. The minimum absolute atomic E-state index is 0.0522. The Morgan fingerprint density at radius 3 is 3.08 bits per heavy atom. The molecule has 2 rings (SSSR count). The van der Waals surface area contributed by atoms with Crippen molar-refractivity contribution in [2.45, 2.75) is 6.04 Å². The molecule has 12 heavy (non-hydrogen) atoms. The van der Waals surface area contributed by atoms with Crippen LogP contribution in [0.1, 0.15) is 11.6 Å². The molecule has 3 nitrogen and oxygen atoms in total. The van der Waals surface area contributed by atoms with Crippen molar-refractivity contribution in [3.05, 3.63) is 22.7 Å². The average molecular weight is 186 g/mol. The first kappa shape index (κ1) is 7.71. The van der Waals surface area contributed by atoms with Crippen molar-refractivity contribution in [3.63, 3.8) is 0 Å². The van der Waals surface area contributed by atoms with Crippen molar-refractivity contribution in [1.82, 2.24) is 0 Å². The fraction of sp³-hybridized carbons (Fsp3) is 0.250. The summed E-state index contributed by atoms with van der Waals surface area (Å²) in [7, 11) is 0. The summed E-state index contributed by atoms with van der Waals surface area (Å²) in [4.78, 5) is 0. The SMILES string of the molecule is NC1COc2cc(Cl)c(O)cc21.